The molecule has 7 nitrogen and oxygen atoms in total. The Hall–Kier alpha value is -3.22. The fourth-order valence-electron chi connectivity index (χ4n) is 3.20. The first-order valence-corrected chi connectivity index (χ1v) is 9.92. The number of carbonyl (C=O) groups is 2. The number of ether oxygens (including phenoxy) is 4. The zero-order chi connectivity index (χ0) is 21.7. The van der Waals surface area contributed by atoms with Crippen molar-refractivity contribution < 1.29 is 28.5 Å². The lowest BCUT2D eigenvalue weighted by molar-refractivity contribution is -0.156. The molecule has 2 aromatic rings. The number of amides is 1. The molecule has 30 heavy (non-hydrogen) atoms. The molecular weight excluding hydrogens is 386 g/mol. The Balaban J connectivity index is 1.43. The van der Waals surface area contributed by atoms with Crippen LogP contribution in [0.3, 0.4) is 0 Å². The molecule has 0 aliphatic carbocycles. The lowest BCUT2D eigenvalue weighted by Gasteiger charge is -2.15. The van der Waals surface area contributed by atoms with Crippen molar-refractivity contribution in [3.8, 4) is 17.2 Å². The number of carbonyl (C=O) groups excluding carboxylic acids is 2. The molecule has 1 heterocycles. The molecule has 160 valence electrons. The van der Waals surface area contributed by atoms with Gasteiger partial charge < -0.3 is 24.3 Å². The number of nitrogens with one attached hydrogen (secondary N) is 1. The first-order valence-electron chi connectivity index (χ1n) is 9.92. The predicted molar refractivity (Wildman–Crippen MR) is 111 cm³/mol. The van der Waals surface area contributed by atoms with Crippen molar-refractivity contribution in [1.82, 2.24) is 5.32 Å². The van der Waals surface area contributed by atoms with E-state index in [1.54, 1.807) is 12.1 Å². The summed E-state index contributed by atoms with van der Waals surface area (Å²) in [6, 6.07) is 11.2. The minimum absolute atomic E-state index is 0.196. The van der Waals surface area contributed by atoms with Crippen molar-refractivity contribution in [2.24, 2.45) is 0 Å². The number of hydrogen-bond donors (Lipinski definition) is 1. The van der Waals surface area contributed by atoms with E-state index in [1.807, 2.05) is 31.2 Å². The zero-order valence-electron chi connectivity index (χ0n) is 17.7. The van der Waals surface area contributed by atoms with Gasteiger partial charge in [-0.25, -0.2) is 4.79 Å². The van der Waals surface area contributed by atoms with E-state index in [2.05, 4.69) is 19.2 Å². The number of fused-ring (bicyclic) bond motifs is 1. The Morgan fingerprint density at radius 2 is 1.83 bits per heavy atom. The fourth-order valence-corrected chi connectivity index (χ4v) is 3.20. The van der Waals surface area contributed by atoms with Gasteiger partial charge in [-0.05, 0) is 60.7 Å². The highest BCUT2D eigenvalue weighted by Crippen LogP contribution is 2.32. The first-order chi connectivity index (χ1) is 14.3. The van der Waals surface area contributed by atoms with E-state index in [-0.39, 0.29) is 19.9 Å². The zero-order valence-corrected chi connectivity index (χ0v) is 17.7. The van der Waals surface area contributed by atoms with Crippen LogP contribution in [0.2, 0.25) is 0 Å². The van der Waals surface area contributed by atoms with Crippen molar-refractivity contribution in [1.29, 1.82) is 0 Å². The van der Waals surface area contributed by atoms with E-state index in [0.717, 1.165) is 11.1 Å². The molecule has 1 atom stereocenters. The molecule has 0 radical (unpaired) electrons. The highest BCUT2D eigenvalue weighted by molar-refractivity contribution is 5.83. The smallest absolute Gasteiger partial charge is 0.344 e. The van der Waals surface area contributed by atoms with Gasteiger partial charge in [0.2, 0.25) is 6.79 Å². The third-order valence-electron chi connectivity index (χ3n) is 4.80. The third kappa shape index (κ3) is 5.43. The lowest BCUT2D eigenvalue weighted by Crippen LogP contribution is -2.36. The summed E-state index contributed by atoms with van der Waals surface area (Å²) in [6.45, 7) is 8.00. The minimum atomic E-state index is -0.930. The van der Waals surface area contributed by atoms with Gasteiger partial charge >= 0.3 is 5.97 Å². The normalized spacial score (nSPS) is 13.1. The maximum Gasteiger partial charge on any atom is 0.344 e. The first kappa shape index (κ1) is 21.5. The Kier molecular flexibility index (Phi) is 6.82. The molecule has 2 aromatic carbocycles. The summed E-state index contributed by atoms with van der Waals surface area (Å²) < 4.78 is 21.2. The highest BCUT2D eigenvalue weighted by Gasteiger charge is 2.19. The largest absolute Gasteiger partial charge is 0.482 e. The van der Waals surface area contributed by atoms with Crippen LogP contribution in [0.5, 0.6) is 17.2 Å². The fraction of sp³-hybridized carbons (Fsp3) is 0.391. The van der Waals surface area contributed by atoms with Crippen LogP contribution in [0.4, 0.5) is 0 Å². The molecule has 0 saturated carbocycles. The summed E-state index contributed by atoms with van der Waals surface area (Å²) in [5.74, 6) is 1.34. The van der Waals surface area contributed by atoms with Crippen LogP contribution in [-0.2, 0) is 20.9 Å². The quantitative estimate of drug-likeness (QED) is 0.667. The molecule has 0 aromatic heterocycles. The second kappa shape index (κ2) is 9.52. The van der Waals surface area contributed by atoms with Gasteiger partial charge in [-0.15, -0.1) is 0 Å². The Morgan fingerprint density at radius 3 is 2.57 bits per heavy atom. The monoisotopic (exact) mass is 413 g/mol. The highest BCUT2D eigenvalue weighted by atomic mass is 16.7. The van der Waals surface area contributed by atoms with Crippen LogP contribution in [0, 0.1) is 6.92 Å². The second-order valence-corrected chi connectivity index (χ2v) is 7.50. The van der Waals surface area contributed by atoms with Crippen LogP contribution >= 0.6 is 0 Å². The molecule has 1 amide bonds. The Bertz CT molecular complexity index is 924. The van der Waals surface area contributed by atoms with Gasteiger partial charge in [-0.2, -0.15) is 0 Å². The van der Waals surface area contributed by atoms with Gasteiger partial charge in [0.1, 0.15) is 5.75 Å². The molecule has 1 aliphatic heterocycles. The van der Waals surface area contributed by atoms with Gasteiger partial charge in [0.25, 0.3) is 5.91 Å². The molecule has 1 aliphatic rings. The molecule has 7 heteroatoms. The summed E-state index contributed by atoms with van der Waals surface area (Å²) >= 11 is 0. The number of esters is 1. The Morgan fingerprint density at radius 1 is 1.07 bits per heavy atom. The standard InChI is InChI=1S/C23H27NO6/c1-14(2)19-7-6-18(9-15(19)3)27-12-22(25)30-16(4)23(26)24-11-17-5-8-20-21(10-17)29-13-28-20/h5-10,14,16H,11-13H2,1-4H3,(H,24,26)/t16-/m0/s1. The summed E-state index contributed by atoms with van der Waals surface area (Å²) in [6.07, 6.45) is -0.930. The van der Waals surface area contributed by atoms with Crippen molar-refractivity contribution in [2.75, 3.05) is 13.4 Å². The maximum atomic E-state index is 12.2. The molecule has 0 spiro atoms. The van der Waals surface area contributed by atoms with Gasteiger partial charge in [0, 0.05) is 6.54 Å². The third-order valence-corrected chi connectivity index (χ3v) is 4.80. The van der Waals surface area contributed by atoms with E-state index in [4.69, 9.17) is 18.9 Å². The molecule has 0 fully saturated rings. The molecular formula is C23H27NO6. The SMILES string of the molecule is Cc1cc(OCC(=O)O[C@@H](C)C(=O)NCc2ccc3c(c2)OCO3)ccc1C(C)C. The van der Waals surface area contributed by atoms with Gasteiger partial charge in [-0.3, -0.25) is 4.79 Å². The topological polar surface area (TPSA) is 83.1 Å². The molecule has 3 rings (SSSR count). The Labute approximate surface area is 176 Å². The van der Waals surface area contributed by atoms with E-state index in [9.17, 15) is 9.59 Å². The second-order valence-electron chi connectivity index (χ2n) is 7.50. The summed E-state index contributed by atoms with van der Waals surface area (Å²) in [7, 11) is 0. The van der Waals surface area contributed by atoms with Gasteiger partial charge in [0.15, 0.2) is 24.2 Å². The number of rotatable bonds is 8. The molecule has 0 saturated heterocycles. The predicted octanol–water partition coefficient (Wildman–Crippen LogP) is 3.47. The average molecular weight is 413 g/mol. The number of benzene rings is 2. The average Bonchev–Trinajstić information content (AvgIpc) is 3.18. The van der Waals surface area contributed by atoms with Crippen LogP contribution in [0.25, 0.3) is 0 Å². The lowest BCUT2D eigenvalue weighted by atomic mass is 9.98. The van der Waals surface area contributed by atoms with E-state index in [1.165, 1.54) is 12.5 Å². The van der Waals surface area contributed by atoms with E-state index in [0.29, 0.717) is 23.2 Å². The maximum absolute atomic E-state index is 12.2. The van der Waals surface area contributed by atoms with E-state index >= 15 is 0 Å². The molecule has 1 N–H and O–H groups in total. The van der Waals surface area contributed by atoms with Crippen LogP contribution in [0.1, 0.15) is 43.4 Å². The van der Waals surface area contributed by atoms with Crippen LogP contribution in [0.15, 0.2) is 36.4 Å². The minimum Gasteiger partial charge on any atom is -0.482 e. The summed E-state index contributed by atoms with van der Waals surface area (Å²) in [5.41, 5.74) is 3.19. The van der Waals surface area contributed by atoms with Crippen LogP contribution in [-0.4, -0.2) is 31.4 Å². The van der Waals surface area contributed by atoms with Crippen molar-refractivity contribution in [3.63, 3.8) is 0 Å². The summed E-state index contributed by atoms with van der Waals surface area (Å²) in [5, 5.41) is 2.74. The van der Waals surface area contributed by atoms with E-state index < -0.39 is 18.0 Å². The van der Waals surface area contributed by atoms with Crippen molar-refractivity contribution >= 4 is 11.9 Å². The van der Waals surface area contributed by atoms with Crippen LogP contribution < -0.4 is 19.5 Å². The van der Waals surface area contributed by atoms with Gasteiger partial charge in [-0.1, -0.05) is 26.0 Å². The molecule has 0 bridgehead atoms. The number of hydrogen-bond acceptors (Lipinski definition) is 6. The van der Waals surface area contributed by atoms with Crippen molar-refractivity contribution in [2.45, 2.75) is 46.3 Å². The number of aryl methyl sites for hydroxylation is 1. The van der Waals surface area contributed by atoms with Gasteiger partial charge in [0.05, 0.1) is 0 Å². The van der Waals surface area contributed by atoms with Crippen molar-refractivity contribution in [3.05, 3.63) is 53.1 Å². The molecule has 0 unspecified atom stereocenters. The summed E-state index contributed by atoms with van der Waals surface area (Å²) in [4.78, 5) is 24.3.